The maximum Gasteiger partial charge on any atom is 0.189 e. The molecule has 2 aliphatic rings. The quantitative estimate of drug-likeness (QED) is 0.399. The van der Waals surface area contributed by atoms with E-state index in [1.54, 1.807) is 30.3 Å². The van der Waals surface area contributed by atoms with Gasteiger partial charge in [0.15, 0.2) is 27.1 Å². The molecule has 3 atom stereocenters. The third-order valence-electron chi connectivity index (χ3n) is 7.18. The lowest BCUT2D eigenvalue weighted by Gasteiger charge is -2.29. The van der Waals surface area contributed by atoms with Crippen LogP contribution < -0.4 is 11.1 Å². The van der Waals surface area contributed by atoms with Crippen molar-refractivity contribution in [3.63, 3.8) is 0 Å². The van der Waals surface area contributed by atoms with E-state index in [4.69, 9.17) is 15.0 Å². The molecule has 9 nitrogen and oxygen atoms in total. The van der Waals surface area contributed by atoms with E-state index in [1.807, 2.05) is 13.0 Å². The molecule has 0 spiro atoms. The van der Waals surface area contributed by atoms with E-state index in [0.29, 0.717) is 48.0 Å². The van der Waals surface area contributed by atoms with Crippen molar-refractivity contribution in [3.8, 4) is 22.7 Å². The van der Waals surface area contributed by atoms with Gasteiger partial charge in [-0.05, 0) is 37.5 Å². The number of nitrogen functional groups attached to an aromatic ring is 1. The number of halogens is 1. The second-order valence-corrected chi connectivity index (χ2v) is 12.6. The summed E-state index contributed by atoms with van der Waals surface area (Å²) in [5, 5.41) is 6.91. The minimum Gasteiger partial charge on any atom is -0.382 e. The number of rotatable bonds is 9. The smallest absolute Gasteiger partial charge is 0.189 e. The van der Waals surface area contributed by atoms with E-state index in [1.165, 1.54) is 6.20 Å². The second-order valence-electron chi connectivity index (χ2n) is 10.4. The first-order chi connectivity index (χ1) is 18.7. The number of aromatic nitrogens is 3. The standard InChI is InChI=1S/C28H32FN5O4S/c1-18(14-29)32-17-28(2)10-7-20(8-11-28)23-13-25(38-34-23)26-27(30)31-15-24(33-26)19-3-5-21(6-4-19)39(35,36)22-9-12-37-16-22/h3-8,10,13,15,18,22,32H,9,11-12,14,16-17H2,1-2H3,(H2,30,31). The molecule has 0 saturated carbocycles. The number of allylic oxidation sites excluding steroid dienone is 3. The summed E-state index contributed by atoms with van der Waals surface area (Å²) >= 11 is 0. The molecular formula is C28H32FN5O4S. The SMILES string of the molecule is CC(CF)NCC1(C)C=CC(c2cc(-c3nc(-c4ccc(S(=O)(=O)C5CCOC5)cc4)cnc3N)on2)=CC1. The summed E-state index contributed by atoms with van der Waals surface area (Å²) in [6.07, 6.45) is 8.99. The van der Waals surface area contributed by atoms with Crippen molar-refractivity contribution in [1.29, 1.82) is 0 Å². The Morgan fingerprint density at radius 2 is 2.05 bits per heavy atom. The Labute approximate surface area is 227 Å². The number of hydrogen-bond acceptors (Lipinski definition) is 9. The summed E-state index contributed by atoms with van der Waals surface area (Å²) < 4.78 is 49.3. The van der Waals surface area contributed by atoms with Crippen LogP contribution in [-0.2, 0) is 14.6 Å². The van der Waals surface area contributed by atoms with Crippen molar-refractivity contribution in [3.05, 3.63) is 60.5 Å². The van der Waals surface area contributed by atoms with Gasteiger partial charge in [-0.15, -0.1) is 0 Å². The zero-order valence-corrected chi connectivity index (χ0v) is 22.7. The van der Waals surface area contributed by atoms with E-state index in [2.05, 4.69) is 39.5 Å². The Morgan fingerprint density at radius 3 is 2.72 bits per heavy atom. The maximum atomic E-state index is 12.8. The molecule has 11 heteroatoms. The summed E-state index contributed by atoms with van der Waals surface area (Å²) in [6, 6.07) is 8.16. The maximum absolute atomic E-state index is 12.8. The molecule has 1 saturated heterocycles. The number of sulfone groups is 1. The fraction of sp³-hybridized carbons (Fsp3) is 0.393. The van der Waals surface area contributed by atoms with Gasteiger partial charge in [0.25, 0.3) is 0 Å². The Hall–Kier alpha value is -3.41. The van der Waals surface area contributed by atoms with Gasteiger partial charge in [0.2, 0.25) is 0 Å². The molecule has 3 unspecified atom stereocenters. The minimum absolute atomic E-state index is 0.122. The minimum atomic E-state index is -3.45. The molecule has 3 aromatic rings. The molecule has 0 radical (unpaired) electrons. The highest BCUT2D eigenvalue weighted by Crippen LogP contribution is 2.34. The van der Waals surface area contributed by atoms with E-state index in [-0.39, 0.29) is 28.8 Å². The van der Waals surface area contributed by atoms with Crippen LogP contribution in [0.1, 0.15) is 32.4 Å². The predicted molar refractivity (Wildman–Crippen MR) is 147 cm³/mol. The summed E-state index contributed by atoms with van der Waals surface area (Å²) in [7, 11) is -3.45. The number of nitrogens with one attached hydrogen (secondary N) is 1. The van der Waals surface area contributed by atoms with Crippen LogP contribution >= 0.6 is 0 Å². The zero-order chi connectivity index (χ0) is 27.6. The van der Waals surface area contributed by atoms with Crippen LogP contribution in [0.3, 0.4) is 0 Å². The van der Waals surface area contributed by atoms with Crippen LogP contribution in [-0.4, -0.2) is 61.3 Å². The number of alkyl halides is 1. The second kappa shape index (κ2) is 11.0. The lowest BCUT2D eigenvalue weighted by molar-refractivity contribution is 0.198. The molecule has 1 aliphatic heterocycles. The Kier molecular flexibility index (Phi) is 7.66. The molecule has 1 fully saturated rings. The predicted octanol–water partition coefficient (Wildman–Crippen LogP) is 4.24. The number of nitrogens with zero attached hydrogens (tertiary/aromatic N) is 3. The Morgan fingerprint density at radius 1 is 1.26 bits per heavy atom. The van der Waals surface area contributed by atoms with Crippen LogP contribution in [0.4, 0.5) is 10.2 Å². The summed E-state index contributed by atoms with van der Waals surface area (Å²) in [4.78, 5) is 9.18. The molecule has 1 aliphatic carbocycles. The normalized spacial score (nSPS) is 22.1. The van der Waals surface area contributed by atoms with Gasteiger partial charge in [-0.1, -0.05) is 42.4 Å². The number of benzene rings is 1. The average Bonchev–Trinajstić information content (AvgIpc) is 3.66. The molecule has 39 heavy (non-hydrogen) atoms. The summed E-state index contributed by atoms with van der Waals surface area (Å²) in [5.41, 5.74) is 9.12. The first kappa shape index (κ1) is 27.2. The summed E-state index contributed by atoms with van der Waals surface area (Å²) in [6.45, 7) is 4.89. The lowest BCUT2D eigenvalue weighted by Crippen LogP contribution is -2.37. The monoisotopic (exact) mass is 553 g/mol. The number of hydrogen-bond donors (Lipinski definition) is 2. The third-order valence-corrected chi connectivity index (χ3v) is 9.36. The molecule has 1 aromatic carbocycles. The number of anilines is 1. The largest absolute Gasteiger partial charge is 0.382 e. The van der Waals surface area contributed by atoms with Crippen molar-refractivity contribution in [1.82, 2.24) is 20.4 Å². The molecule has 206 valence electrons. The van der Waals surface area contributed by atoms with E-state index in [0.717, 1.165) is 12.0 Å². The number of ether oxygens (including phenoxy) is 1. The highest BCUT2D eigenvalue weighted by atomic mass is 32.2. The van der Waals surface area contributed by atoms with E-state index >= 15 is 0 Å². The Balaban J connectivity index is 1.33. The van der Waals surface area contributed by atoms with Gasteiger partial charge in [-0.3, -0.25) is 0 Å². The van der Waals surface area contributed by atoms with Gasteiger partial charge in [-0.2, -0.15) is 0 Å². The van der Waals surface area contributed by atoms with Crippen LogP contribution in [0.15, 0.2) is 64.2 Å². The average molecular weight is 554 g/mol. The highest BCUT2D eigenvalue weighted by molar-refractivity contribution is 7.92. The molecule has 5 rings (SSSR count). The van der Waals surface area contributed by atoms with Crippen LogP contribution in [0.25, 0.3) is 28.3 Å². The first-order valence-corrected chi connectivity index (χ1v) is 14.4. The molecule has 0 bridgehead atoms. The van der Waals surface area contributed by atoms with E-state index < -0.39 is 21.8 Å². The molecular weight excluding hydrogens is 521 g/mol. The van der Waals surface area contributed by atoms with Crippen LogP contribution in [0, 0.1) is 5.41 Å². The van der Waals surface area contributed by atoms with Gasteiger partial charge < -0.3 is 20.3 Å². The lowest BCUT2D eigenvalue weighted by atomic mass is 9.81. The van der Waals surface area contributed by atoms with Crippen molar-refractivity contribution in [2.75, 3.05) is 32.2 Å². The highest BCUT2D eigenvalue weighted by Gasteiger charge is 2.31. The fourth-order valence-corrected chi connectivity index (χ4v) is 6.14. The molecule has 0 amide bonds. The molecule has 3 N–H and O–H groups in total. The summed E-state index contributed by atoms with van der Waals surface area (Å²) in [5.74, 6) is 0.564. The van der Waals surface area contributed by atoms with Crippen LogP contribution in [0.2, 0.25) is 0 Å². The van der Waals surface area contributed by atoms with Crippen molar-refractivity contribution >= 4 is 21.2 Å². The van der Waals surface area contributed by atoms with Gasteiger partial charge in [-0.25, -0.2) is 22.8 Å². The van der Waals surface area contributed by atoms with E-state index in [9.17, 15) is 12.8 Å². The molecule has 3 heterocycles. The number of nitrogens with two attached hydrogens (primary N) is 1. The topological polar surface area (TPSA) is 133 Å². The Bertz CT molecular complexity index is 1500. The van der Waals surface area contributed by atoms with Crippen molar-refractivity contribution < 1.29 is 22.1 Å². The third kappa shape index (κ3) is 5.80. The molecule has 2 aromatic heterocycles. The van der Waals surface area contributed by atoms with Gasteiger partial charge in [0, 0.05) is 36.2 Å². The van der Waals surface area contributed by atoms with Crippen molar-refractivity contribution in [2.24, 2.45) is 5.41 Å². The zero-order valence-electron chi connectivity index (χ0n) is 21.9. The van der Waals surface area contributed by atoms with Gasteiger partial charge in [0.05, 0.1) is 28.6 Å². The van der Waals surface area contributed by atoms with Crippen LogP contribution in [0.5, 0.6) is 0 Å². The van der Waals surface area contributed by atoms with Gasteiger partial charge in [0.1, 0.15) is 12.4 Å². The van der Waals surface area contributed by atoms with Crippen molar-refractivity contribution in [2.45, 2.75) is 42.9 Å². The fourth-order valence-electron chi connectivity index (χ4n) is 4.56. The first-order valence-electron chi connectivity index (χ1n) is 12.9. The van der Waals surface area contributed by atoms with Gasteiger partial charge >= 0.3 is 0 Å².